The number of anilines is 2. The fraction of sp³-hybridized carbons (Fsp3) is 0.409. The van der Waals surface area contributed by atoms with Gasteiger partial charge in [0, 0.05) is 37.2 Å². The summed E-state index contributed by atoms with van der Waals surface area (Å²) in [6, 6.07) is 5.86. The first-order valence-corrected chi connectivity index (χ1v) is 10.1. The highest BCUT2D eigenvalue weighted by atomic mass is 19.4. The molecule has 1 atom stereocenters. The lowest BCUT2D eigenvalue weighted by Crippen LogP contribution is -2.61. The van der Waals surface area contributed by atoms with Crippen molar-refractivity contribution in [1.29, 1.82) is 0 Å². The number of methoxy groups -OCH3 is 1. The predicted octanol–water partition coefficient (Wildman–Crippen LogP) is 3.95. The van der Waals surface area contributed by atoms with Gasteiger partial charge in [-0.15, -0.1) is 5.10 Å². The first-order chi connectivity index (χ1) is 15.0. The number of alkyl halides is 3. The summed E-state index contributed by atoms with van der Waals surface area (Å²) >= 11 is 0. The van der Waals surface area contributed by atoms with Crippen LogP contribution >= 0.6 is 0 Å². The van der Waals surface area contributed by atoms with Gasteiger partial charge < -0.3 is 20.7 Å². The molecule has 0 aliphatic carbocycles. The summed E-state index contributed by atoms with van der Waals surface area (Å²) in [5.41, 5.74) is 6.45. The monoisotopic (exact) mass is 446 g/mol. The molecule has 0 saturated carbocycles. The molecule has 32 heavy (non-hydrogen) atoms. The van der Waals surface area contributed by atoms with Crippen molar-refractivity contribution in [3.8, 4) is 0 Å². The van der Waals surface area contributed by atoms with Gasteiger partial charge in [0.05, 0.1) is 16.9 Å². The first kappa shape index (κ1) is 22.2. The van der Waals surface area contributed by atoms with Gasteiger partial charge in [-0.25, -0.2) is 4.98 Å². The molecule has 3 aromatic rings. The number of nitrogens with two attached hydrogens (primary N) is 1. The van der Waals surface area contributed by atoms with Crippen molar-refractivity contribution in [2.45, 2.75) is 38.7 Å². The Balaban J connectivity index is 1.68. The third-order valence-electron chi connectivity index (χ3n) is 6.01. The van der Waals surface area contributed by atoms with Gasteiger partial charge in [-0.3, -0.25) is 0 Å². The molecule has 3 N–H and O–H groups in total. The number of aromatic nitrogens is 3. The second-order valence-corrected chi connectivity index (χ2v) is 8.37. The summed E-state index contributed by atoms with van der Waals surface area (Å²) in [4.78, 5) is 6.62. The lowest BCUT2D eigenvalue weighted by atomic mass is 9.96. The van der Waals surface area contributed by atoms with Crippen molar-refractivity contribution in [3.05, 3.63) is 52.8 Å². The smallest absolute Gasteiger partial charge is 0.375 e. The number of rotatable bonds is 5. The molecule has 1 fully saturated rings. The van der Waals surface area contributed by atoms with E-state index < -0.39 is 17.9 Å². The van der Waals surface area contributed by atoms with Crippen LogP contribution < -0.4 is 16.0 Å². The van der Waals surface area contributed by atoms with Crippen LogP contribution in [0.1, 0.15) is 35.5 Å². The van der Waals surface area contributed by atoms with Crippen molar-refractivity contribution in [1.82, 2.24) is 15.2 Å². The number of hydrogen-bond donors (Lipinski definition) is 2. The zero-order valence-corrected chi connectivity index (χ0v) is 18.3. The second kappa shape index (κ2) is 7.86. The normalized spacial score (nSPS) is 16.7. The Kier molecular flexibility index (Phi) is 5.46. The summed E-state index contributed by atoms with van der Waals surface area (Å²) < 4.78 is 45.4. The second-order valence-electron chi connectivity index (χ2n) is 8.37. The van der Waals surface area contributed by atoms with E-state index in [1.165, 1.54) is 13.0 Å². The van der Waals surface area contributed by atoms with Crippen LogP contribution in [-0.4, -0.2) is 41.0 Å². The third kappa shape index (κ3) is 3.95. The van der Waals surface area contributed by atoms with Crippen LogP contribution in [0.3, 0.4) is 0 Å². The van der Waals surface area contributed by atoms with E-state index in [9.17, 15) is 13.2 Å². The van der Waals surface area contributed by atoms with Gasteiger partial charge in [-0.05, 0) is 44.0 Å². The third-order valence-corrected chi connectivity index (χ3v) is 6.01. The molecule has 2 aromatic heterocycles. The van der Waals surface area contributed by atoms with Gasteiger partial charge in [0.25, 0.3) is 0 Å². The lowest BCUT2D eigenvalue weighted by molar-refractivity contribution is -0.138. The number of fused-ring (bicyclic) bond motifs is 1. The van der Waals surface area contributed by atoms with E-state index in [4.69, 9.17) is 10.5 Å². The van der Waals surface area contributed by atoms with E-state index >= 15 is 0 Å². The van der Waals surface area contributed by atoms with Crippen LogP contribution in [0.5, 0.6) is 0 Å². The molecule has 0 amide bonds. The molecule has 1 saturated heterocycles. The summed E-state index contributed by atoms with van der Waals surface area (Å²) in [5.74, 6) is 1.14. The van der Waals surface area contributed by atoms with Crippen LogP contribution in [0, 0.1) is 13.8 Å². The molecule has 10 heteroatoms. The minimum Gasteiger partial charge on any atom is -0.375 e. The number of benzene rings is 1. The summed E-state index contributed by atoms with van der Waals surface area (Å²) in [5, 5.41) is 13.0. The minimum absolute atomic E-state index is 0.0752. The topological polar surface area (TPSA) is 89.2 Å². The van der Waals surface area contributed by atoms with Gasteiger partial charge in [0.1, 0.15) is 12.0 Å². The number of ether oxygens (including phenoxy) is 1. The van der Waals surface area contributed by atoms with Crippen molar-refractivity contribution >= 4 is 22.4 Å². The van der Waals surface area contributed by atoms with Gasteiger partial charge in [0.15, 0.2) is 5.82 Å². The van der Waals surface area contributed by atoms with E-state index in [0.29, 0.717) is 30.2 Å². The largest absolute Gasteiger partial charge is 0.416 e. The Hall–Kier alpha value is -2.98. The van der Waals surface area contributed by atoms with E-state index in [1.54, 1.807) is 19.4 Å². The molecule has 4 rings (SSSR count). The van der Waals surface area contributed by atoms with Crippen LogP contribution in [0.15, 0.2) is 30.5 Å². The van der Waals surface area contributed by atoms with Crippen LogP contribution in [0.4, 0.5) is 24.8 Å². The van der Waals surface area contributed by atoms with Crippen molar-refractivity contribution in [2.75, 3.05) is 30.4 Å². The Bertz CT molecular complexity index is 1160. The molecule has 0 spiro atoms. The number of nitrogens with zero attached hydrogens (tertiary/aromatic N) is 4. The average Bonchev–Trinajstić information content (AvgIpc) is 2.72. The van der Waals surface area contributed by atoms with Gasteiger partial charge in [-0.1, -0.05) is 12.1 Å². The molecule has 1 aliphatic heterocycles. The van der Waals surface area contributed by atoms with Crippen LogP contribution in [0.25, 0.3) is 10.8 Å². The van der Waals surface area contributed by atoms with Crippen molar-refractivity contribution < 1.29 is 17.9 Å². The molecular formula is C22H25F3N6O. The Morgan fingerprint density at radius 2 is 1.91 bits per heavy atom. The minimum atomic E-state index is -4.45. The highest BCUT2D eigenvalue weighted by Gasteiger charge is 2.39. The number of nitrogens with one attached hydrogen (secondary N) is 1. The highest BCUT2D eigenvalue weighted by molar-refractivity contribution is 5.94. The maximum atomic E-state index is 13.3. The predicted molar refractivity (Wildman–Crippen MR) is 116 cm³/mol. The maximum Gasteiger partial charge on any atom is 0.416 e. The Morgan fingerprint density at radius 3 is 2.56 bits per heavy atom. The zero-order valence-electron chi connectivity index (χ0n) is 18.3. The maximum absolute atomic E-state index is 13.3. The average molecular weight is 446 g/mol. The van der Waals surface area contributed by atoms with Crippen molar-refractivity contribution in [3.63, 3.8) is 0 Å². The highest BCUT2D eigenvalue weighted by Crippen LogP contribution is 2.35. The summed E-state index contributed by atoms with van der Waals surface area (Å²) in [6.45, 7) is 6.67. The van der Waals surface area contributed by atoms with E-state index in [0.717, 1.165) is 22.7 Å². The van der Waals surface area contributed by atoms with Gasteiger partial charge in [0.2, 0.25) is 0 Å². The van der Waals surface area contributed by atoms with Crippen molar-refractivity contribution in [2.24, 2.45) is 5.73 Å². The molecule has 7 nitrogen and oxygen atoms in total. The van der Waals surface area contributed by atoms with Gasteiger partial charge >= 0.3 is 6.18 Å². The molecule has 0 radical (unpaired) electrons. The first-order valence-electron chi connectivity index (χ1n) is 10.1. The summed E-state index contributed by atoms with van der Waals surface area (Å²) in [6.07, 6.45) is -3.64. The molecule has 0 bridgehead atoms. The Labute approximate surface area is 183 Å². The molecule has 170 valence electrons. The molecule has 3 heterocycles. The number of hydrogen-bond acceptors (Lipinski definition) is 7. The summed E-state index contributed by atoms with van der Waals surface area (Å²) in [7, 11) is 1.68. The standard InChI is InChI=1S/C22H25F3N6O/c1-12-14(6-5-7-17(12)22(23,24)25)19(26)28-20-15-8-18(31-10-21(3,11-31)32-4)27-9-16(15)13(2)29-30-20/h5-9,19H,10-11,26H2,1-4H3,(H,28,30)/t19-/m0/s1. The van der Waals surface area contributed by atoms with E-state index in [-0.39, 0.29) is 11.2 Å². The lowest BCUT2D eigenvalue weighted by Gasteiger charge is -2.47. The molecule has 1 aliphatic rings. The van der Waals surface area contributed by atoms with E-state index in [2.05, 4.69) is 25.4 Å². The zero-order chi connectivity index (χ0) is 23.3. The van der Waals surface area contributed by atoms with Gasteiger partial charge in [-0.2, -0.15) is 18.3 Å². The van der Waals surface area contributed by atoms with Crippen LogP contribution in [-0.2, 0) is 10.9 Å². The number of aryl methyl sites for hydroxylation is 1. The SMILES string of the molecule is COC1(C)CN(c2cc3c(N[C@H](N)c4cccc(C(F)(F)F)c4C)nnc(C)c3cn2)C1. The Morgan fingerprint density at radius 1 is 1.19 bits per heavy atom. The van der Waals surface area contributed by atoms with E-state index in [1.807, 2.05) is 19.9 Å². The fourth-order valence-electron chi connectivity index (χ4n) is 4.02. The molecule has 0 unspecified atom stereocenters. The quantitative estimate of drug-likeness (QED) is 0.574. The van der Waals surface area contributed by atoms with Crippen LogP contribution in [0.2, 0.25) is 0 Å². The number of halogens is 3. The fourth-order valence-corrected chi connectivity index (χ4v) is 4.02. The number of pyridine rings is 1. The molecule has 1 aromatic carbocycles. The molecular weight excluding hydrogens is 421 g/mol.